The van der Waals surface area contributed by atoms with Crippen LogP contribution < -0.4 is 5.14 Å². The Balaban J connectivity index is 2.61. The van der Waals surface area contributed by atoms with Crippen molar-refractivity contribution in [2.24, 2.45) is 5.14 Å². The highest BCUT2D eigenvalue weighted by atomic mass is 32.2. The first-order valence-corrected chi connectivity index (χ1v) is 5.59. The second-order valence-corrected chi connectivity index (χ2v) is 4.30. The maximum atomic E-state index is 10.4. The van der Waals surface area contributed by atoms with Crippen molar-refractivity contribution < 1.29 is 12.6 Å². The molecule has 0 saturated carbocycles. The minimum atomic E-state index is -3.81. The quantitative estimate of drug-likeness (QED) is 0.796. The van der Waals surface area contributed by atoms with E-state index in [2.05, 4.69) is 9.32 Å². The van der Waals surface area contributed by atoms with Gasteiger partial charge in [-0.05, 0) is 28.8 Å². The highest BCUT2D eigenvalue weighted by molar-refractivity contribution is 7.84. The van der Waals surface area contributed by atoms with Gasteiger partial charge < -0.3 is 0 Å². The van der Waals surface area contributed by atoms with Crippen molar-refractivity contribution in [1.82, 2.24) is 0 Å². The van der Waals surface area contributed by atoms with Crippen LogP contribution in [-0.2, 0) is 21.1 Å². The van der Waals surface area contributed by atoms with E-state index in [-0.39, 0.29) is 6.61 Å². The van der Waals surface area contributed by atoms with Gasteiger partial charge in [0, 0.05) is 0 Å². The van der Waals surface area contributed by atoms with Crippen LogP contribution in [0.15, 0.2) is 10.8 Å². The minimum Gasteiger partial charge on any atom is -0.253 e. The molecule has 1 aromatic heterocycles. The highest BCUT2D eigenvalue weighted by Gasteiger charge is 2.05. The van der Waals surface area contributed by atoms with Gasteiger partial charge >= 0.3 is 10.3 Å². The molecule has 0 bridgehead atoms. The zero-order chi connectivity index (χ0) is 9.19. The molecule has 0 radical (unpaired) electrons. The third-order valence-electron chi connectivity index (χ3n) is 1.34. The Bertz CT molecular complexity index is 355. The molecule has 0 aliphatic rings. The maximum absolute atomic E-state index is 10.4. The first-order valence-electron chi connectivity index (χ1n) is 3.18. The van der Waals surface area contributed by atoms with Gasteiger partial charge in [0.05, 0.1) is 6.61 Å². The largest absolute Gasteiger partial charge is 0.333 e. The van der Waals surface area contributed by atoms with E-state index in [0.717, 1.165) is 11.1 Å². The zero-order valence-electron chi connectivity index (χ0n) is 6.48. The Kier molecular flexibility index (Phi) is 2.84. The second-order valence-electron chi connectivity index (χ2n) is 2.34. The Labute approximate surface area is 75.2 Å². The number of hydrogen-bond donors (Lipinski definition) is 1. The van der Waals surface area contributed by atoms with Gasteiger partial charge in [0.15, 0.2) is 0 Å². The molecule has 0 atom stereocenters. The van der Waals surface area contributed by atoms with E-state index >= 15 is 0 Å². The molecule has 4 nitrogen and oxygen atoms in total. The molecule has 68 valence electrons. The molecule has 1 aromatic rings. The first-order chi connectivity index (χ1) is 5.49. The monoisotopic (exact) mass is 207 g/mol. The van der Waals surface area contributed by atoms with Gasteiger partial charge in [-0.25, -0.2) is 5.14 Å². The summed E-state index contributed by atoms with van der Waals surface area (Å²) in [6, 6.07) is 0. The summed E-state index contributed by atoms with van der Waals surface area (Å²) in [5.74, 6) is 0. The lowest BCUT2D eigenvalue weighted by Crippen LogP contribution is -2.15. The third-order valence-corrected chi connectivity index (χ3v) is 2.70. The SMILES string of the molecule is Cc1cscc1COS(N)(=O)=O. The van der Waals surface area contributed by atoms with Crippen molar-refractivity contribution in [3.8, 4) is 0 Å². The molecule has 0 unspecified atom stereocenters. The van der Waals surface area contributed by atoms with Gasteiger partial charge in [-0.3, -0.25) is 4.18 Å². The highest BCUT2D eigenvalue weighted by Crippen LogP contribution is 2.14. The summed E-state index contributed by atoms with van der Waals surface area (Å²) in [4.78, 5) is 0. The lowest BCUT2D eigenvalue weighted by molar-refractivity contribution is 0.308. The van der Waals surface area contributed by atoms with E-state index in [4.69, 9.17) is 0 Å². The van der Waals surface area contributed by atoms with Crippen molar-refractivity contribution in [2.75, 3.05) is 0 Å². The molecule has 6 heteroatoms. The normalized spacial score (nSPS) is 11.8. The van der Waals surface area contributed by atoms with Crippen LogP contribution in [0.3, 0.4) is 0 Å². The predicted molar refractivity (Wildman–Crippen MR) is 47.0 cm³/mol. The number of hydrogen-bond acceptors (Lipinski definition) is 4. The number of thiophene rings is 1. The molecule has 0 spiro atoms. The molecular formula is C6H9NO3S2. The van der Waals surface area contributed by atoms with Gasteiger partial charge in [-0.15, -0.1) is 0 Å². The topological polar surface area (TPSA) is 69.4 Å². The fourth-order valence-electron chi connectivity index (χ4n) is 0.680. The molecule has 0 aromatic carbocycles. The number of aryl methyl sites for hydroxylation is 1. The van der Waals surface area contributed by atoms with Crippen LogP contribution in [0.2, 0.25) is 0 Å². The van der Waals surface area contributed by atoms with Gasteiger partial charge in [0.25, 0.3) is 0 Å². The van der Waals surface area contributed by atoms with E-state index in [0.29, 0.717) is 0 Å². The zero-order valence-corrected chi connectivity index (χ0v) is 8.11. The number of rotatable bonds is 3. The molecule has 0 fully saturated rings. The average molecular weight is 207 g/mol. The van der Waals surface area contributed by atoms with Crippen LogP contribution in [-0.4, -0.2) is 8.42 Å². The fourth-order valence-corrected chi connectivity index (χ4v) is 1.81. The predicted octanol–water partition coefficient (Wildman–Crippen LogP) is 0.777. The van der Waals surface area contributed by atoms with E-state index in [1.54, 1.807) is 0 Å². The van der Waals surface area contributed by atoms with Gasteiger partial charge in [-0.1, -0.05) is 0 Å². The summed E-state index contributed by atoms with van der Waals surface area (Å²) in [6.45, 7) is 1.91. The van der Waals surface area contributed by atoms with Crippen LogP contribution in [0, 0.1) is 6.92 Å². The molecule has 2 N–H and O–H groups in total. The lowest BCUT2D eigenvalue weighted by atomic mass is 10.2. The molecule has 1 rings (SSSR count). The molecule has 12 heavy (non-hydrogen) atoms. The molecular weight excluding hydrogens is 198 g/mol. The van der Waals surface area contributed by atoms with Crippen LogP contribution in [0.5, 0.6) is 0 Å². The summed E-state index contributed by atoms with van der Waals surface area (Å²) in [6.07, 6.45) is 0. The van der Waals surface area contributed by atoms with Gasteiger partial charge in [0.1, 0.15) is 0 Å². The van der Waals surface area contributed by atoms with Crippen LogP contribution in [0.25, 0.3) is 0 Å². The lowest BCUT2D eigenvalue weighted by Gasteiger charge is -1.98. The summed E-state index contributed by atoms with van der Waals surface area (Å²) < 4.78 is 25.2. The van der Waals surface area contributed by atoms with Crippen molar-refractivity contribution >= 4 is 21.6 Å². The van der Waals surface area contributed by atoms with E-state index in [1.807, 2.05) is 17.7 Å². The van der Waals surface area contributed by atoms with E-state index in [9.17, 15) is 8.42 Å². The molecule has 1 heterocycles. The van der Waals surface area contributed by atoms with E-state index < -0.39 is 10.3 Å². The van der Waals surface area contributed by atoms with Crippen LogP contribution >= 0.6 is 11.3 Å². The Hall–Kier alpha value is -0.430. The van der Waals surface area contributed by atoms with Gasteiger partial charge in [-0.2, -0.15) is 19.8 Å². The maximum Gasteiger partial charge on any atom is 0.333 e. The molecule has 0 aliphatic heterocycles. The van der Waals surface area contributed by atoms with Crippen molar-refractivity contribution in [1.29, 1.82) is 0 Å². The van der Waals surface area contributed by atoms with E-state index in [1.165, 1.54) is 11.3 Å². The molecule has 0 saturated heterocycles. The minimum absolute atomic E-state index is 0.0220. The number of nitrogens with two attached hydrogens (primary N) is 1. The molecule has 0 aliphatic carbocycles. The van der Waals surface area contributed by atoms with Crippen LogP contribution in [0.4, 0.5) is 0 Å². The van der Waals surface area contributed by atoms with Crippen molar-refractivity contribution in [3.05, 3.63) is 21.9 Å². The molecule has 0 amide bonds. The summed E-state index contributed by atoms with van der Waals surface area (Å²) >= 11 is 1.50. The Morgan fingerprint density at radius 2 is 2.25 bits per heavy atom. The van der Waals surface area contributed by atoms with Crippen molar-refractivity contribution in [3.63, 3.8) is 0 Å². The fraction of sp³-hybridized carbons (Fsp3) is 0.333. The smallest absolute Gasteiger partial charge is 0.253 e. The van der Waals surface area contributed by atoms with Crippen LogP contribution in [0.1, 0.15) is 11.1 Å². The van der Waals surface area contributed by atoms with Crippen molar-refractivity contribution in [2.45, 2.75) is 13.5 Å². The summed E-state index contributed by atoms with van der Waals surface area (Å²) in [5.41, 5.74) is 1.87. The second kappa shape index (κ2) is 3.53. The standard InChI is InChI=1S/C6H9NO3S2/c1-5-3-11-4-6(5)2-10-12(7,8)9/h3-4H,2H2,1H3,(H2,7,8,9). The first kappa shape index (κ1) is 9.66. The van der Waals surface area contributed by atoms with Gasteiger partial charge in [0.2, 0.25) is 0 Å². The summed E-state index contributed by atoms with van der Waals surface area (Å²) in [7, 11) is -3.81. The Morgan fingerprint density at radius 1 is 1.58 bits per heavy atom. The third kappa shape index (κ3) is 2.90. The Morgan fingerprint density at radius 3 is 2.67 bits per heavy atom. The average Bonchev–Trinajstić information content (AvgIpc) is 2.29. The summed E-state index contributed by atoms with van der Waals surface area (Å²) in [5, 5.41) is 8.41.